The molecule has 1 amide bonds. The average molecular weight is 216 g/mol. The summed E-state index contributed by atoms with van der Waals surface area (Å²) in [4.78, 5) is 15.6. The van der Waals surface area contributed by atoms with Gasteiger partial charge in [0, 0.05) is 18.6 Å². The summed E-state index contributed by atoms with van der Waals surface area (Å²) in [6, 6.07) is 0.444. The molecule has 0 saturated carbocycles. The SMILES string of the molecule is CC(C)N(C(=O)CN(C)CCO)C(C)C. The highest BCUT2D eigenvalue weighted by molar-refractivity contribution is 5.78. The lowest BCUT2D eigenvalue weighted by atomic mass is 10.2. The Balaban J connectivity index is 4.26. The van der Waals surface area contributed by atoms with Crippen LogP contribution < -0.4 is 0 Å². The van der Waals surface area contributed by atoms with E-state index in [1.807, 2.05) is 44.5 Å². The van der Waals surface area contributed by atoms with Crippen molar-refractivity contribution in [3.05, 3.63) is 0 Å². The average Bonchev–Trinajstić information content (AvgIpc) is 2.01. The molecule has 0 heterocycles. The number of amides is 1. The number of likely N-dealkylation sites (N-methyl/N-ethyl adjacent to an activating group) is 1. The molecular weight excluding hydrogens is 192 g/mol. The van der Waals surface area contributed by atoms with Crippen LogP contribution in [-0.2, 0) is 4.79 Å². The maximum atomic E-state index is 11.9. The van der Waals surface area contributed by atoms with Gasteiger partial charge in [-0.05, 0) is 34.7 Å². The molecule has 0 fully saturated rings. The summed E-state index contributed by atoms with van der Waals surface area (Å²) in [5, 5.41) is 8.74. The van der Waals surface area contributed by atoms with Crippen molar-refractivity contribution in [2.75, 3.05) is 26.7 Å². The topological polar surface area (TPSA) is 43.8 Å². The lowest BCUT2D eigenvalue weighted by Gasteiger charge is -2.32. The van der Waals surface area contributed by atoms with Crippen LogP contribution in [0.4, 0.5) is 0 Å². The van der Waals surface area contributed by atoms with Crippen molar-refractivity contribution in [2.45, 2.75) is 39.8 Å². The second-order valence-corrected chi connectivity index (χ2v) is 4.45. The van der Waals surface area contributed by atoms with Crippen LogP contribution in [0.2, 0.25) is 0 Å². The van der Waals surface area contributed by atoms with Crippen LogP contribution in [0.3, 0.4) is 0 Å². The van der Waals surface area contributed by atoms with Gasteiger partial charge in [-0.15, -0.1) is 0 Å². The number of rotatable bonds is 6. The third-order valence-electron chi connectivity index (χ3n) is 2.29. The van der Waals surface area contributed by atoms with Gasteiger partial charge in [-0.1, -0.05) is 0 Å². The maximum absolute atomic E-state index is 11.9. The molecule has 0 aliphatic heterocycles. The Morgan fingerprint density at radius 3 is 2.00 bits per heavy atom. The van der Waals surface area contributed by atoms with Gasteiger partial charge in [0.25, 0.3) is 0 Å². The first kappa shape index (κ1) is 14.4. The van der Waals surface area contributed by atoms with Gasteiger partial charge in [-0.25, -0.2) is 0 Å². The van der Waals surface area contributed by atoms with E-state index in [4.69, 9.17) is 5.11 Å². The smallest absolute Gasteiger partial charge is 0.237 e. The Bertz CT molecular complexity index is 185. The predicted octanol–water partition coefficient (Wildman–Crippen LogP) is 0.556. The van der Waals surface area contributed by atoms with Gasteiger partial charge in [0.15, 0.2) is 0 Å². The fourth-order valence-corrected chi connectivity index (χ4v) is 1.73. The largest absolute Gasteiger partial charge is 0.395 e. The molecule has 15 heavy (non-hydrogen) atoms. The third kappa shape index (κ3) is 5.14. The molecule has 4 heteroatoms. The van der Waals surface area contributed by atoms with Crippen molar-refractivity contribution in [1.29, 1.82) is 0 Å². The first-order valence-corrected chi connectivity index (χ1v) is 5.50. The van der Waals surface area contributed by atoms with Gasteiger partial charge >= 0.3 is 0 Å². The first-order chi connectivity index (χ1) is 6.90. The van der Waals surface area contributed by atoms with Crippen LogP contribution >= 0.6 is 0 Å². The molecule has 0 atom stereocenters. The summed E-state index contributed by atoms with van der Waals surface area (Å²) in [5.74, 6) is 0.121. The maximum Gasteiger partial charge on any atom is 0.237 e. The number of nitrogens with zero attached hydrogens (tertiary/aromatic N) is 2. The second kappa shape index (κ2) is 6.80. The molecule has 0 unspecified atom stereocenters. The van der Waals surface area contributed by atoms with Gasteiger partial charge in [-0.3, -0.25) is 9.69 Å². The number of aliphatic hydroxyl groups excluding tert-OH is 1. The Kier molecular flexibility index (Phi) is 6.52. The minimum absolute atomic E-state index is 0.0904. The molecular formula is C11H24N2O2. The minimum atomic E-state index is 0.0904. The zero-order valence-corrected chi connectivity index (χ0v) is 10.5. The van der Waals surface area contributed by atoms with Crippen molar-refractivity contribution in [3.8, 4) is 0 Å². The van der Waals surface area contributed by atoms with E-state index in [2.05, 4.69) is 0 Å². The number of hydrogen-bond acceptors (Lipinski definition) is 3. The van der Waals surface area contributed by atoms with E-state index in [9.17, 15) is 4.79 Å². The molecule has 0 aromatic heterocycles. The van der Waals surface area contributed by atoms with E-state index >= 15 is 0 Å². The molecule has 0 aromatic rings. The summed E-state index contributed by atoms with van der Waals surface area (Å²) in [6.45, 7) is 9.07. The van der Waals surface area contributed by atoms with E-state index in [0.717, 1.165) is 0 Å². The van der Waals surface area contributed by atoms with Crippen LogP contribution in [0, 0.1) is 0 Å². The van der Waals surface area contributed by atoms with E-state index < -0.39 is 0 Å². The molecule has 0 saturated heterocycles. The molecule has 90 valence electrons. The second-order valence-electron chi connectivity index (χ2n) is 4.45. The highest BCUT2D eigenvalue weighted by atomic mass is 16.3. The van der Waals surface area contributed by atoms with Crippen LogP contribution in [0.5, 0.6) is 0 Å². The molecule has 0 aromatic carbocycles. The first-order valence-electron chi connectivity index (χ1n) is 5.50. The Labute approximate surface area is 92.9 Å². The van der Waals surface area contributed by atoms with Crippen molar-refractivity contribution in [2.24, 2.45) is 0 Å². The fourth-order valence-electron chi connectivity index (χ4n) is 1.73. The Morgan fingerprint density at radius 1 is 1.20 bits per heavy atom. The quantitative estimate of drug-likeness (QED) is 0.705. The van der Waals surface area contributed by atoms with E-state index in [-0.39, 0.29) is 24.6 Å². The molecule has 4 nitrogen and oxygen atoms in total. The van der Waals surface area contributed by atoms with Crippen LogP contribution in [0.1, 0.15) is 27.7 Å². The van der Waals surface area contributed by atoms with Gasteiger partial charge in [0.1, 0.15) is 0 Å². The zero-order valence-electron chi connectivity index (χ0n) is 10.5. The van der Waals surface area contributed by atoms with Crippen molar-refractivity contribution >= 4 is 5.91 Å². The monoisotopic (exact) mass is 216 g/mol. The van der Waals surface area contributed by atoms with E-state index in [0.29, 0.717) is 13.1 Å². The Hall–Kier alpha value is -0.610. The highest BCUT2D eigenvalue weighted by Gasteiger charge is 2.20. The standard InChI is InChI=1S/C11H24N2O2/c1-9(2)13(10(3)4)11(15)8-12(5)6-7-14/h9-10,14H,6-8H2,1-5H3. The van der Waals surface area contributed by atoms with Crippen LogP contribution in [-0.4, -0.2) is 59.6 Å². The molecule has 0 bridgehead atoms. The van der Waals surface area contributed by atoms with Crippen molar-refractivity contribution in [3.63, 3.8) is 0 Å². The van der Waals surface area contributed by atoms with Crippen molar-refractivity contribution < 1.29 is 9.90 Å². The zero-order chi connectivity index (χ0) is 12.0. The molecule has 1 N–H and O–H groups in total. The van der Waals surface area contributed by atoms with Crippen LogP contribution in [0.15, 0.2) is 0 Å². The summed E-state index contributed by atoms with van der Waals surface area (Å²) in [5.41, 5.74) is 0. The van der Waals surface area contributed by atoms with Crippen LogP contribution in [0.25, 0.3) is 0 Å². The molecule has 0 radical (unpaired) electrons. The van der Waals surface area contributed by atoms with Crippen molar-refractivity contribution in [1.82, 2.24) is 9.80 Å². The highest BCUT2D eigenvalue weighted by Crippen LogP contribution is 2.05. The fraction of sp³-hybridized carbons (Fsp3) is 0.909. The Morgan fingerprint density at radius 2 is 1.67 bits per heavy atom. The summed E-state index contributed by atoms with van der Waals surface area (Å²) >= 11 is 0. The summed E-state index contributed by atoms with van der Waals surface area (Å²) < 4.78 is 0. The summed E-state index contributed by atoms with van der Waals surface area (Å²) in [7, 11) is 1.84. The number of aliphatic hydroxyl groups is 1. The number of carbonyl (C=O) groups is 1. The molecule has 0 aliphatic rings. The lowest BCUT2D eigenvalue weighted by Crippen LogP contribution is -2.46. The molecule has 0 aliphatic carbocycles. The number of hydrogen-bond donors (Lipinski definition) is 1. The van der Waals surface area contributed by atoms with E-state index in [1.54, 1.807) is 0 Å². The van der Waals surface area contributed by atoms with Gasteiger partial charge in [0.2, 0.25) is 5.91 Å². The number of carbonyl (C=O) groups excluding carboxylic acids is 1. The van der Waals surface area contributed by atoms with Gasteiger partial charge in [0.05, 0.1) is 13.2 Å². The van der Waals surface area contributed by atoms with Gasteiger partial charge in [-0.2, -0.15) is 0 Å². The summed E-state index contributed by atoms with van der Waals surface area (Å²) in [6.07, 6.45) is 0. The molecule has 0 rings (SSSR count). The van der Waals surface area contributed by atoms with Gasteiger partial charge < -0.3 is 10.0 Å². The third-order valence-corrected chi connectivity index (χ3v) is 2.29. The minimum Gasteiger partial charge on any atom is -0.395 e. The van der Waals surface area contributed by atoms with E-state index in [1.165, 1.54) is 0 Å². The lowest BCUT2D eigenvalue weighted by molar-refractivity contribution is -0.135. The normalized spacial score (nSPS) is 11.5. The predicted molar refractivity (Wildman–Crippen MR) is 61.7 cm³/mol. The molecule has 0 spiro atoms.